The molecular weight excluding hydrogens is 368 g/mol. The largest absolute Gasteiger partial charge is 0.462 e. The summed E-state index contributed by atoms with van der Waals surface area (Å²) in [6.45, 7) is 4.82. The molecule has 0 saturated heterocycles. The van der Waals surface area contributed by atoms with E-state index in [2.05, 4.69) is 5.32 Å². The maximum atomic E-state index is 12.5. The molecule has 0 heterocycles. The number of carbonyl (C=O) groups is 3. The molecule has 0 radical (unpaired) electrons. The summed E-state index contributed by atoms with van der Waals surface area (Å²) in [5.74, 6) is -1.31. The van der Waals surface area contributed by atoms with Gasteiger partial charge in [-0.25, -0.2) is 4.79 Å². The van der Waals surface area contributed by atoms with E-state index in [-0.39, 0.29) is 24.6 Å². The molecule has 0 atom stereocenters. The number of benzene rings is 2. The number of para-hydroxylation sites is 1. The Morgan fingerprint density at radius 2 is 1.85 bits per heavy atom. The summed E-state index contributed by atoms with van der Waals surface area (Å²) >= 11 is 5.92. The van der Waals surface area contributed by atoms with Gasteiger partial charge in [0.05, 0.1) is 17.9 Å². The summed E-state index contributed by atoms with van der Waals surface area (Å²) in [5, 5.41) is 3.33. The van der Waals surface area contributed by atoms with Gasteiger partial charge in [0, 0.05) is 17.6 Å². The monoisotopic (exact) mass is 388 g/mol. The maximum absolute atomic E-state index is 12.5. The van der Waals surface area contributed by atoms with Gasteiger partial charge in [-0.1, -0.05) is 23.7 Å². The zero-order valence-corrected chi connectivity index (χ0v) is 16.2. The van der Waals surface area contributed by atoms with Gasteiger partial charge in [0.2, 0.25) is 11.8 Å². The van der Waals surface area contributed by atoms with Crippen LogP contribution in [0, 0.1) is 6.92 Å². The van der Waals surface area contributed by atoms with Gasteiger partial charge in [0.15, 0.2) is 0 Å². The third-order valence-corrected chi connectivity index (χ3v) is 4.07. The lowest BCUT2D eigenvalue weighted by Gasteiger charge is -2.23. The van der Waals surface area contributed by atoms with E-state index < -0.39 is 11.9 Å². The average Bonchev–Trinajstić information content (AvgIpc) is 2.62. The van der Waals surface area contributed by atoms with Crippen molar-refractivity contribution in [2.24, 2.45) is 0 Å². The number of esters is 1. The first-order valence-electron chi connectivity index (χ1n) is 8.43. The van der Waals surface area contributed by atoms with E-state index in [1.165, 1.54) is 11.8 Å². The van der Waals surface area contributed by atoms with Crippen molar-refractivity contribution in [3.8, 4) is 0 Å². The quantitative estimate of drug-likeness (QED) is 0.763. The van der Waals surface area contributed by atoms with Crippen molar-refractivity contribution in [1.29, 1.82) is 0 Å². The molecule has 2 rings (SSSR count). The number of aryl methyl sites for hydroxylation is 1. The van der Waals surface area contributed by atoms with E-state index in [9.17, 15) is 14.4 Å². The van der Waals surface area contributed by atoms with Crippen molar-refractivity contribution < 1.29 is 19.1 Å². The number of halogens is 1. The van der Waals surface area contributed by atoms with E-state index >= 15 is 0 Å². The van der Waals surface area contributed by atoms with Crippen molar-refractivity contribution in [3.05, 3.63) is 58.6 Å². The van der Waals surface area contributed by atoms with Gasteiger partial charge < -0.3 is 15.0 Å². The topological polar surface area (TPSA) is 75.7 Å². The summed E-state index contributed by atoms with van der Waals surface area (Å²) in [6, 6.07) is 11.6. The number of ether oxygens (including phenoxy) is 1. The molecule has 2 amide bonds. The molecule has 142 valence electrons. The molecule has 0 aliphatic rings. The Morgan fingerprint density at radius 1 is 1.15 bits per heavy atom. The van der Waals surface area contributed by atoms with Crippen LogP contribution in [0.2, 0.25) is 5.02 Å². The SMILES string of the molecule is CCOC(=O)c1ccccc1N(CC(=O)Nc1ccc(Cl)cc1C)C(C)=O. The van der Waals surface area contributed by atoms with Gasteiger partial charge in [-0.2, -0.15) is 0 Å². The molecule has 2 aromatic carbocycles. The Kier molecular flexibility index (Phi) is 6.96. The van der Waals surface area contributed by atoms with Crippen LogP contribution in [0.4, 0.5) is 11.4 Å². The Balaban J connectivity index is 2.25. The minimum Gasteiger partial charge on any atom is -0.462 e. The van der Waals surface area contributed by atoms with E-state index in [0.29, 0.717) is 16.4 Å². The van der Waals surface area contributed by atoms with E-state index in [1.807, 2.05) is 6.92 Å². The number of hydrogen-bond acceptors (Lipinski definition) is 4. The third kappa shape index (κ3) is 5.31. The standard InChI is InChI=1S/C20H21ClN2O4/c1-4-27-20(26)16-7-5-6-8-18(16)23(14(3)24)12-19(25)22-17-10-9-15(21)11-13(17)2/h5-11H,4,12H2,1-3H3,(H,22,25). The molecule has 27 heavy (non-hydrogen) atoms. The lowest BCUT2D eigenvalue weighted by atomic mass is 10.1. The fraction of sp³-hybridized carbons (Fsp3) is 0.250. The van der Waals surface area contributed by atoms with Crippen molar-refractivity contribution in [2.75, 3.05) is 23.4 Å². The highest BCUT2D eigenvalue weighted by Gasteiger charge is 2.22. The number of nitrogens with zero attached hydrogens (tertiary/aromatic N) is 1. The fourth-order valence-corrected chi connectivity index (χ4v) is 2.78. The minimum atomic E-state index is -0.548. The lowest BCUT2D eigenvalue weighted by molar-refractivity contribution is -0.120. The van der Waals surface area contributed by atoms with Crippen LogP contribution in [0.1, 0.15) is 29.8 Å². The van der Waals surface area contributed by atoms with Gasteiger partial charge in [-0.3, -0.25) is 9.59 Å². The predicted molar refractivity (Wildman–Crippen MR) is 105 cm³/mol. The second-order valence-corrected chi connectivity index (χ2v) is 6.29. The Hall–Kier alpha value is -2.86. The van der Waals surface area contributed by atoms with Crippen molar-refractivity contribution >= 4 is 40.8 Å². The van der Waals surface area contributed by atoms with Crippen molar-refractivity contribution in [1.82, 2.24) is 0 Å². The van der Waals surface area contributed by atoms with Crippen LogP contribution in [0.3, 0.4) is 0 Å². The summed E-state index contributed by atoms with van der Waals surface area (Å²) in [7, 11) is 0. The molecule has 7 heteroatoms. The highest BCUT2D eigenvalue weighted by molar-refractivity contribution is 6.30. The van der Waals surface area contributed by atoms with Crippen LogP contribution < -0.4 is 10.2 Å². The zero-order chi connectivity index (χ0) is 20.0. The summed E-state index contributed by atoms with van der Waals surface area (Å²) in [4.78, 5) is 38.1. The first kappa shape index (κ1) is 20.5. The number of nitrogens with one attached hydrogen (secondary N) is 1. The minimum absolute atomic E-state index is 0.212. The molecule has 6 nitrogen and oxygen atoms in total. The van der Waals surface area contributed by atoms with Crippen LogP contribution in [-0.4, -0.2) is 30.9 Å². The van der Waals surface area contributed by atoms with Gasteiger partial charge in [-0.05, 0) is 49.7 Å². The number of amides is 2. The summed E-state index contributed by atoms with van der Waals surface area (Å²) in [6.07, 6.45) is 0. The average molecular weight is 389 g/mol. The molecule has 0 bridgehead atoms. The zero-order valence-electron chi connectivity index (χ0n) is 15.4. The van der Waals surface area contributed by atoms with Crippen LogP contribution in [0.15, 0.2) is 42.5 Å². The number of anilines is 2. The Morgan fingerprint density at radius 3 is 2.48 bits per heavy atom. The molecule has 0 fully saturated rings. The fourth-order valence-electron chi connectivity index (χ4n) is 2.56. The van der Waals surface area contributed by atoms with Crippen molar-refractivity contribution in [3.63, 3.8) is 0 Å². The van der Waals surface area contributed by atoms with E-state index in [1.54, 1.807) is 49.4 Å². The molecule has 0 spiro atoms. The Labute approximate surface area is 163 Å². The smallest absolute Gasteiger partial charge is 0.340 e. The maximum Gasteiger partial charge on any atom is 0.340 e. The summed E-state index contributed by atoms with van der Waals surface area (Å²) < 4.78 is 5.04. The number of rotatable bonds is 6. The van der Waals surface area contributed by atoms with Gasteiger partial charge >= 0.3 is 5.97 Å². The van der Waals surface area contributed by atoms with Crippen LogP contribution in [0.25, 0.3) is 0 Å². The highest BCUT2D eigenvalue weighted by Crippen LogP contribution is 2.23. The first-order valence-corrected chi connectivity index (χ1v) is 8.81. The van der Waals surface area contributed by atoms with Gasteiger partial charge in [0.1, 0.15) is 6.54 Å². The second-order valence-electron chi connectivity index (χ2n) is 5.85. The molecule has 2 aromatic rings. The van der Waals surface area contributed by atoms with Crippen LogP contribution in [-0.2, 0) is 14.3 Å². The number of hydrogen-bond donors (Lipinski definition) is 1. The molecule has 0 aliphatic heterocycles. The molecular formula is C20H21ClN2O4. The predicted octanol–water partition coefficient (Wildman–Crippen LogP) is 3.82. The number of carbonyl (C=O) groups excluding carboxylic acids is 3. The van der Waals surface area contributed by atoms with Crippen molar-refractivity contribution in [2.45, 2.75) is 20.8 Å². The molecule has 1 N–H and O–H groups in total. The van der Waals surface area contributed by atoms with Gasteiger partial charge in [0.25, 0.3) is 0 Å². The Bertz CT molecular complexity index is 867. The first-order chi connectivity index (χ1) is 12.8. The normalized spacial score (nSPS) is 10.2. The van der Waals surface area contributed by atoms with Gasteiger partial charge in [-0.15, -0.1) is 0 Å². The van der Waals surface area contributed by atoms with E-state index in [4.69, 9.17) is 16.3 Å². The lowest BCUT2D eigenvalue weighted by Crippen LogP contribution is -2.37. The van der Waals surface area contributed by atoms with Crippen LogP contribution >= 0.6 is 11.6 Å². The van der Waals surface area contributed by atoms with Crippen LogP contribution in [0.5, 0.6) is 0 Å². The molecule has 0 unspecified atom stereocenters. The van der Waals surface area contributed by atoms with E-state index in [0.717, 1.165) is 5.56 Å². The third-order valence-electron chi connectivity index (χ3n) is 3.83. The summed E-state index contributed by atoms with van der Waals surface area (Å²) in [5.41, 5.74) is 1.96. The second kappa shape index (κ2) is 9.19. The molecule has 0 saturated carbocycles. The molecule has 0 aromatic heterocycles. The highest BCUT2D eigenvalue weighted by atomic mass is 35.5. The molecule has 0 aliphatic carbocycles.